The van der Waals surface area contributed by atoms with Crippen LogP contribution in [-0.4, -0.2) is 63.0 Å². The maximum Gasteiger partial charge on any atom is 0.272 e. The second-order valence-electron chi connectivity index (χ2n) is 6.98. The van der Waals surface area contributed by atoms with Crippen LogP contribution in [0, 0.1) is 6.92 Å². The minimum absolute atomic E-state index is 0.0227. The Morgan fingerprint density at radius 2 is 1.89 bits per heavy atom. The first kappa shape index (κ1) is 18.8. The van der Waals surface area contributed by atoms with Gasteiger partial charge >= 0.3 is 0 Å². The van der Waals surface area contributed by atoms with Crippen molar-refractivity contribution >= 4 is 5.91 Å². The SMILES string of the molecule is Cc1cc(C(=O)N(C)Cc2ccc(-n3cccn3)cc2)n(CCN(C)C)n1. The molecule has 0 N–H and O–H groups in total. The summed E-state index contributed by atoms with van der Waals surface area (Å²) in [7, 11) is 5.84. The van der Waals surface area contributed by atoms with E-state index in [2.05, 4.69) is 15.1 Å². The fraction of sp³-hybridized carbons (Fsp3) is 0.350. The van der Waals surface area contributed by atoms with Crippen molar-refractivity contribution in [3.8, 4) is 5.69 Å². The number of benzene rings is 1. The van der Waals surface area contributed by atoms with Gasteiger partial charge in [-0.1, -0.05) is 12.1 Å². The highest BCUT2D eigenvalue weighted by molar-refractivity contribution is 5.92. The predicted molar refractivity (Wildman–Crippen MR) is 105 cm³/mol. The summed E-state index contributed by atoms with van der Waals surface area (Å²) >= 11 is 0. The van der Waals surface area contributed by atoms with Crippen LogP contribution >= 0.6 is 0 Å². The maximum absolute atomic E-state index is 12.9. The highest BCUT2D eigenvalue weighted by atomic mass is 16.2. The van der Waals surface area contributed by atoms with Gasteiger partial charge in [-0.05, 0) is 50.8 Å². The summed E-state index contributed by atoms with van der Waals surface area (Å²) in [6.07, 6.45) is 3.66. The van der Waals surface area contributed by atoms with Gasteiger partial charge in [0.05, 0.1) is 17.9 Å². The maximum atomic E-state index is 12.9. The van der Waals surface area contributed by atoms with Crippen molar-refractivity contribution in [3.63, 3.8) is 0 Å². The number of nitrogens with zero attached hydrogens (tertiary/aromatic N) is 6. The lowest BCUT2D eigenvalue weighted by Gasteiger charge is -2.19. The molecule has 0 spiro atoms. The van der Waals surface area contributed by atoms with Gasteiger partial charge in [0, 0.05) is 32.5 Å². The zero-order valence-corrected chi connectivity index (χ0v) is 16.3. The van der Waals surface area contributed by atoms with E-state index in [0.29, 0.717) is 18.8 Å². The molecule has 0 saturated heterocycles. The van der Waals surface area contributed by atoms with Gasteiger partial charge in [0.1, 0.15) is 5.69 Å². The number of aryl methyl sites for hydroxylation is 1. The molecular weight excluding hydrogens is 340 g/mol. The van der Waals surface area contributed by atoms with Crippen molar-refractivity contribution < 1.29 is 4.79 Å². The molecule has 0 radical (unpaired) electrons. The number of rotatable bonds is 7. The molecule has 7 nitrogen and oxygen atoms in total. The molecule has 0 saturated carbocycles. The van der Waals surface area contributed by atoms with Crippen molar-refractivity contribution in [2.45, 2.75) is 20.0 Å². The van der Waals surface area contributed by atoms with E-state index >= 15 is 0 Å². The molecule has 0 atom stereocenters. The van der Waals surface area contributed by atoms with Crippen LogP contribution in [0.5, 0.6) is 0 Å². The lowest BCUT2D eigenvalue weighted by molar-refractivity contribution is 0.0772. The average Bonchev–Trinajstić information content (AvgIpc) is 3.29. The number of hydrogen-bond acceptors (Lipinski definition) is 4. The normalized spacial score (nSPS) is 11.1. The van der Waals surface area contributed by atoms with Crippen LogP contribution in [-0.2, 0) is 13.1 Å². The third-order valence-electron chi connectivity index (χ3n) is 4.35. The molecule has 2 heterocycles. The van der Waals surface area contributed by atoms with Crippen molar-refractivity contribution in [2.75, 3.05) is 27.7 Å². The Labute approximate surface area is 159 Å². The molecule has 27 heavy (non-hydrogen) atoms. The minimum atomic E-state index is -0.0227. The van der Waals surface area contributed by atoms with Crippen LogP contribution in [0.15, 0.2) is 48.8 Å². The van der Waals surface area contributed by atoms with E-state index < -0.39 is 0 Å². The molecule has 3 rings (SSSR count). The van der Waals surface area contributed by atoms with Gasteiger partial charge < -0.3 is 9.80 Å². The number of carbonyl (C=O) groups is 1. The van der Waals surface area contributed by atoms with Gasteiger partial charge in [-0.15, -0.1) is 0 Å². The van der Waals surface area contributed by atoms with Gasteiger partial charge in [0.2, 0.25) is 0 Å². The molecule has 0 aliphatic rings. The van der Waals surface area contributed by atoms with E-state index in [1.54, 1.807) is 15.8 Å². The minimum Gasteiger partial charge on any atom is -0.336 e. The topological polar surface area (TPSA) is 59.2 Å². The van der Waals surface area contributed by atoms with E-state index in [4.69, 9.17) is 0 Å². The summed E-state index contributed by atoms with van der Waals surface area (Å²) in [5.74, 6) is -0.0227. The van der Waals surface area contributed by atoms with Gasteiger partial charge in [-0.25, -0.2) is 4.68 Å². The zero-order chi connectivity index (χ0) is 19.4. The van der Waals surface area contributed by atoms with Gasteiger partial charge in [-0.3, -0.25) is 9.48 Å². The molecule has 0 aliphatic carbocycles. The number of amides is 1. The van der Waals surface area contributed by atoms with Crippen LogP contribution in [0.1, 0.15) is 21.7 Å². The average molecular weight is 366 g/mol. The standard InChI is InChI=1S/C20H26N6O/c1-16-14-19(26(22-16)13-12-23(2)3)20(27)24(4)15-17-6-8-18(9-7-17)25-11-5-10-21-25/h5-11,14H,12-13,15H2,1-4H3. The Kier molecular flexibility index (Phi) is 5.71. The molecule has 1 aromatic carbocycles. The number of likely N-dealkylation sites (N-methyl/N-ethyl adjacent to an activating group) is 1. The van der Waals surface area contributed by atoms with Crippen LogP contribution in [0.2, 0.25) is 0 Å². The summed E-state index contributed by atoms with van der Waals surface area (Å²) < 4.78 is 3.61. The fourth-order valence-corrected chi connectivity index (χ4v) is 2.90. The Morgan fingerprint density at radius 3 is 2.52 bits per heavy atom. The molecule has 0 fully saturated rings. The van der Waals surface area contributed by atoms with Crippen LogP contribution < -0.4 is 0 Å². The first-order valence-electron chi connectivity index (χ1n) is 8.97. The molecule has 3 aromatic rings. The van der Waals surface area contributed by atoms with E-state index in [-0.39, 0.29) is 5.91 Å². The molecule has 7 heteroatoms. The first-order chi connectivity index (χ1) is 12.9. The van der Waals surface area contributed by atoms with Crippen molar-refractivity contribution in [3.05, 3.63) is 65.7 Å². The number of carbonyl (C=O) groups excluding carboxylic acids is 1. The molecule has 0 bridgehead atoms. The Bertz CT molecular complexity index is 880. The molecule has 142 valence electrons. The summed E-state index contributed by atoms with van der Waals surface area (Å²) in [5, 5.41) is 8.69. The number of aromatic nitrogens is 4. The first-order valence-corrected chi connectivity index (χ1v) is 8.97. The number of hydrogen-bond donors (Lipinski definition) is 0. The highest BCUT2D eigenvalue weighted by Gasteiger charge is 2.18. The Morgan fingerprint density at radius 1 is 1.15 bits per heavy atom. The van der Waals surface area contributed by atoms with E-state index in [1.807, 2.05) is 75.3 Å². The van der Waals surface area contributed by atoms with E-state index in [9.17, 15) is 4.79 Å². The second kappa shape index (κ2) is 8.18. The summed E-state index contributed by atoms with van der Waals surface area (Å²) in [6.45, 7) is 3.97. The second-order valence-corrected chi connectivity index (χ2v) is 6.98. The third kappa shape index (κ3) is 4.62. The monoisotopic (exact) mass is 366 g/mol. The van der Waals surface area contributed by atoms with Crippen molar-refractivity contribution in [1.29, 1.82) is 0 Å². The highest BCUT2D eigenvalue weighted by Crippen LogP contribution is 2.13. The molecule has 0 unspecified atom stereocenters. The third-order valence-corrected chi connectivity index (χ3v) is 4.35. The zero-order valence-electron chi connectivity index (χ0n) is 16.3. The Hall–Kier alpha value is -2.93. The van der Waals surface area contributed by atoms with Crippen LogP contribution in [0.25, 0.3) is 5.69 Å². The summed E-state index contributed by atoms with van der Waals surface area (Å²) in [6, 6.07) is 11.8. The van der Waals surface area contributed by atoms with Crippen LogP contribution in [0.4, 0.5) is 0 Å². The smallest absolute Gasteiger partial charge is 0.272 e. The van der Waals surface area contributed by atoms with Crippen molar-refractivity contribution in [1.82, 2.24) is 29.4 Å². The van der Waals surface area contributed by atoms with Gasteiger partial charge in [0.25, 0.3) is 5.91 Å². The molecular formula is C20H26N6O. The Balaban J connectivity index is 1.69. The molecule has 0 aliphatic heterocycles. The largest absolute Gasteiger partial charge is 0.336 e. The molecule has 1 amide bonds. The van der Waals surface area contributed by atoms with Crippen molar-refractivity contribution in [2.24, 2.45) is 0 Å². The summed E-state index contributed by atoms with van der Waals surface area (Å²) in [5.41, 5.74) is 3.55. The summed E-state index contributed by atoms with van der Waals surface area (Å²) in [4.78, 5) is 16.7. The lowest BCUT2D eigenvalue weighted by atomic mass is 10.2. The van der Waals surface area contributed by atoms with E-state index in [1.165, 1.54) is 0 Å². The van der Waals surface area contributed by atoms with Crippen LogP contribution in [0.3, 0.4) is 0 Å². The van der Waals surface area contributed by atoms with Gasteiger partial charge in [0.15, 0.2) is 0 Å². The van der Waals surface area contributed by atoms with E-state index in [0.717, 1.165) is 23.5 Å². The molecule has 2 aromatic heterocycles. The predicted octanol–water partition coefficient (Wildman–Crippen LogP) is 2.21. The quantitative estimate of drug-likeness (QED) is 0.643. The fourth-order valence-electron chi connectivity index (χ4n) is 2.90. The van der Waals surface area contributed by atoms with Gasteiger partial charge in [-0.2, -0.15) is 10.2 Å². The lowest BCUT2D eigenvalue weighted by Crippen LogP contribution is -2.30.